The van der Waals surface area contributed by atoms with Crippen LogP contribution in [-0.2, 0) is 14.3 Å². The number of aliphatic hydroxyl groups is 2. The van der Waals surface area contributed by atoms with Gasteiger partial charge in [0.1, 0.15) is 0 Å². The highest BCUT2D eigenvalue weighted by Gasteiger charge is 2.20. The molecule has 0 aliphatic carbocycles. The topological polar surface area (TPSA) is 95.9 Å². The lowest BCUT2D eigenvalue weighted by atomic mass is 10.0. The third-order valence-electron chi connectivity index (χ3n) is 15.6. The molecule has 0 aromatic carbocycles. The molecular weight excluding hydrogens is 935 g/mol. The van der Waals surface area contributed by atoms with Crippen molar-refractivity contribution in [1.29, 1.82) is 0 Å². The van der Waals surface area contributed by atoms with Crippen LogP contribution in [-0.4, -0.2) is 47.4 Å². The van der Waals surface area contributed by atoms with Crippen molar-refractivity contribution in [2.75, 3.05) is 13.2 Å². The predicted molar refractivity (Wildman–Crippen MR) is 333 cm³/mol. The first kappa shape index (κ1) is 73.8. The molecule has 2 atom stereocenters. The number of nitrogens with one attached hydrogen (secondary N) is 1. The van der Waals surface area contributed by atoms with Crippen LogP contribution in [0.5, 0.6) is 0 Å². The smallest absolute Gasteiger partial charge is 0.305 e. The van der Waals surface area contributed by atoms with E-state index in [1.165, 1.54) is 263 Å². The second-order valence-corrected chi connectivity index (χ2v) is 23.1. The Hall–Kier alpha value is -2.18. The monoisotopic (exact) mass is 1070 g/mol. The molecule has 0 saturated heterocycles. The number of carbonyl (C=O) groups is 2. The van der Waals surface area contributed by atoms with Crippen LogP contribution in [0.1, 0.15) is 361 Å². The molecule has 0 radical (unpaired) electrons. The molecule has 0 aromatic rings. The normalized spacial score (nSPS) is 12.8. The number of allylic oxidation sites excluding steroid dienone is 8. The molecule has 6 nitrogen and oxygen atoms in total. The van der Waals surface area contributed by atoms with E-state index in [2.05, 4.69) is 67.8 Å². The largest absolute Gasteiger partial charge is 0.466 e. The van der Waals surface area contributed by atoms with Crippen molar-refractivity contribution in [3.63, 3.8) is 0 Å². The highest BCUT2D eigenvalue weighted by molar-refractivity contribution is 5.76. The predicted octanol–water partition coefficient (Wildman–Crippen LogP) is 21.7. The minimum absolute atomic E-state index is 0.000526. The van der Waals surface area contributed by atoms with E-state index in [1.807, 2.05) is 0 Å². The molecule has 0 fully saturated rings. The van der Waals surface area contributed by atoms with Crippen LogP contribution in [0.15, 0.2) is 48.6 Å². The van der Waals surface area contributed by atoms with Crippen molar-refractivity contribution in [2.45, 2.75) is 373 Å². The molecule has 76 heavy (non-hydrogen) atoms. The standard InChI is InChI=1S/C70H131NO5/c1-3-5-7-9-11-13-15-17-19-21-27-31-34-38-42-46-50-54-58-62-68(73)67(66-72)71-69(74)63-59-55-51-47-43-39-35-32-28-25-23-22-24-26-29-33-37-41-45-49-53-57-61-65-76-70(75)64-60-56-52-48-44-40-36-30-20-18-16-14-12-10-8-6-4-2/h12,14,18,20,22,24-25,28,67-68,72-73H,3-11,13,15-17,19,21,23,26-27,29-66H2,1-2H3,(H,71,74)/b14-12-,20-18-,24-22-,28-25-. The Morgan fingerprint density at radius 2 is 0.658 bits per heavy atom. The van der Waals surface area contributed by atoms with Crippen molar-refractivity contribution in [2.24, 2.45) is 0 Å². The van der Waals surface area contributed by atoms with Crippen LogP contribution < -0.4 is 5.32 Å². The molecule has 0 aliphatic rings. The molecule has 0 aromatic heterocycles. The second kappa shape index (κ2) is 65.3. The summed E-state index contributed by atoms with van der Waals surface area (Å²) in [6.45, 7) is 4.94. The van der Waals surface area contributed by atoms with E-state index in [1.54, 1.807) is 0 Å². The molecule has 3 N–H and O–H groups in total. The molecule has 0 rings (SSSR count). The molecule has 0 saturated carbocycles. The first-order valence-corrected chi connectivity index (χ1v) is 33.9. The second-order valence-electron chi connectivity index (χ2n) is 23.1. The van der Waals surface area contributed by atoms with Crippen molar-refractivity contribution in [3.8, 4) is 0 Å². The number of hydrogen-bond acceptors (Lipinski definition) is 5. The number of carbonyl (C=O) groups excluding carboxylic acids is 2. The fourth-order valence-corrected chi connectivity index (χ4v) is 10.4. The third kappa shape index (κ3) is 61.0. The van der Waals surface area contributed by atoms with Crippen LogP contribution in [0.4, 0.5) is 0 Å². The van der Waals surface area contributed by atoms with E-state index < -0.39 is 12.1 Å². The Labute approximate surface area is 474 Å². The fraction of sp³-hybridized carbons (Fsp3) is 0.857. The van der Waals surface area contributed by atoms with Crippen LogP contribution >= 0.6 is 0 Å². The zero-order chi connectivity index (χ0) is 55.0. The van der Waals surface area contributed by atoms with Gasteiger partial charge >= 0.3 is 5.97 Å². The number of amides is 1. The lowest BCUT2D eigenvalue weighted by Crippen LogP contribution is -2.45. The summed E-state index contributed by atoms with van der Waals surface area (Å²) >= 11 is 0. The summed E-state index contributed by atoms with van der Waals surface area (Å²) in [5, 5.41) is 23.4. The summed E-state index contributed by atoms with van der Waals surface area (Å²) in [4.78, 5) is 24.6. The number of hydrogen-bond donors (Lipinski definition) is 3. The lowest BCUT2D eigenvalue weighted by Gasteiger charge is -2.22. The van der Waals surface area contributed by atoms with Crippen molar-refractivity contribution in [1.82, 2.24) is 5.32 Å². The third-order valence-corrected chi connectivity index (χ3v) is 15.6. The maximum Gasteiger partial charge on any atom is 0.305 e. The molecule has 2 unspecified atom stereocenters. The summed E-state index contributed by atoms with van der Waals surface area (Å²) in [6.07, 6.45) is 84.2. The van der Waals surface area contributed by atoms with Crippen LogP contribution in [0.3, 0.4) is 0 Å². The summed E-state index contributed by atoms with van der Waals surface area (Å²) in [7, 11) is 0. The van der Waals surface area contributed by atoms with E-state index in [0.717, 1.165) is 64.2 Å². The average Bonchev–Trinajstić information content (AvgIpc) is 3.42. The molecule has 6 heteroatoms. The Morgan fingerprint density at radius 3 is 1.03 bits per heavy atom. The molecular formula is C70H131NO5. The van der Waals surface area contributed by atoms with Gasteiger partial charge in [0, 0.05) is 12.8 Å². The van der Waals surface area contributed by atoms with E-state index in [0.29, 0.717) is 25.9 Å². The Bertz CT molecular complexity index is 1270. The quantitative estimate of drug-likeness (QED) is 0.0320. The number of rotatable bonds is 63. The molecule has 0 spiro atoms. The number of esters is 1. The fourth-order valence-electron chi connectivity index (χ4n) is 10.4. The molecule has 446 valence electrons. The van der Waals surface area contributed by atoms with Gasteiger partial charge in [-0.2, -0.15) is 0 Å². The molecule has 1 amide bonds. The zero-order valence-electron chi connectivity index (χ0n) is 51.0. The number of unbranched alkanes of at least 4 members (excludes halogenated alkanes) is 44. The minimum Gasteiger partial charge on any atom is -0.466 e. The zero-order valence-corrected chi connectivity index (χ0v) is 51.0. The maximum atomic E-state index is 12.5. The SMILES string of the molecule is CCCCC/C=C\C/C=C\CCCCCCCCCC(=O)OCCCCCCCCCCC/C=C\C/C=C\CCCCCCCCCC(=O)NC(CO)C(O)CCCCCCCCCCCCCCCCCCCCC. The van der Waals surface area contributed by atoms with Crippen molar-refractivity contribution >= 4 is 11.9 Å². The first-order chi connectivity index (χ1) is 37.5. The van der Waals surface area contributed by atoms with Gasteiger partial charge in [-0.25, -0.2) is 0 Å². The van der Waals surface area contributed by atoms with Gasteiger partial charge in [0.15, 0.2) is 0 Å². The molecule has 0 bridgehead atoms. The Kier molecular flexibility index (Phi) is 63.5. The van der Waals surface area contributed by atoms with E-state index in [-0.39, 0.29) is 18.5 Å². The summed E-state index contributed by atoms with van der Waals surface area (Å²) < 4.78 is 5.49. The van der Waals surface area contributed by atoms with E-state index in [9.17, 15) is 19.8 Å². The summed E-state index contributed by atoms with van der Waals surface area (Å²) in [6, 6.07) is -0.551. The van der Waals surface area contributed by atoms with Crippen LogP contribution in [0.2, 0.25) is 0 Å². The molecule has 0 heterocycles. The van der Waals surface area contributed by atoms with E-state index in [4.69, 9.17) is 4.74 Å². The summed E-state index contributed by atoms with van der Waals surface area (Å²) in [5.74, 6) is -0.0435. The van der Waals surface area contributed by atoms with Crippen molar-refractivity contribution in [3.05, 3.63) is 48.6 Å². The Morgan fingerprint density at radius 1 is 0.368 bits per heavy atom. The van der Waals surface area contributed by atoms with Gasteiger partial charge in [0.25, 0.3) is 0 Å². The number of ether oxygens (including phenoxy) is 1. The number of aliphatic hydroxyl groups excluding tert-OH is 2. The van der Waals surface area contributed by atoms with Gasteiger partial charge < -0.3 is 20.3 Å². The van der Waals surface area contributed by atoms with Gasteiger partial charge in [0.05, 0.1) is 25.4 Å². The Balaban J connectivity index is 3.45. The minimum atomic E-state index is -0.673. The maximum absolute atomic E-state index is 12.5. The first-order valence-electron chi connectivity index (χ1n) is 33.9. The highest BCUT2D eigenvalue weighted by Crippen LogP contribution is 2.18. The van der Waals surface area contributed by atoms with Gasteiger partial charge in [-0.05, 0) is 89.9 Å². The average molecular weight is 1070 g/mol. The van der Waals surface area contributed by atoms with Gasteiger partial charge in [-0.15, -0.1) is 0 Å². The van der Waals surface area contributed by atoms with Crippen molar-refractivity contribution < 1.29 is 24.5 Å². The van der Waals surface area contributed by atoms with Crippen LogP contribution in [0.25, 0.3) is 0 Å². The van der Waals surface area contributed by atoms with Crippen LogP contribution in [0, 0.1) is 0 Å². The highest BCUT2D eigenvalue weighted by atomic mass is 16.5. The van der Waals surface area contributed by atoms with Gasteiger partial charge in [0.2, 0.25) is 5.91 Å². The molecule has 0 aliphatic heterocycles. The lowest BCUT2D eigenvalue weighted by molar-refractivity contribution is -0.143. The summed E-state index contributed by atoms with van der Waals surface area (Å²) in [5.41, 5.74) is 0. The van der Waals surface area contributed by atoms with Gasteiger partial charge in [-0.3, -0.25) is 9.59 Å². The van der Waals surface area contributed by atoms with Gasteiger partial charge in [-0.1, -0.05) is 306 Å². The van der Waals surface area contributed by atoms with E-state index >= 15 is 0 Å².